The molecule has 0 unspecified atom stereocenters. The van der Waals surface area contributed by atoms with E-state index in [-0.39, 0.29) is 12.7 Å². The van der Waals surface area contributed by atoms with Crippen molar-refractivity contribution in [2.45, 2.75) is 39.2 Å². The van der Waals surface area contributed by atoms with Crippen LogP contribution in [-0.2, 0) is 4.74 Å². The van der Waals surface area contributed by atoms with Crippen molar-refractivity contribution in [1.29, 1.82) is 0 Å². The number of carbonyl (C=O) groups is 1. The molecular weight excluding hydrogens is 194 g/mol. The molecule has 0 aliphatic rings. The normalized spacial score (nSPS) is 11.7. The third kappa shape index (κ3) is 10.9. The lowest BCUT2D eigenvalue weighted by Crippen LogP contribution is -2.32. The van der Waals surface area contributed by atoms with E-state index in [1.165, 1.54) is 0 Å². The molecule has 0 saturated heterocycles. The number of unbranched alkanes of at least 4 members (excludes halogenated alkanes) is 1. The number of hydrogen-bond donors (Lipinski definition) is 2. The highest BCUT2D eigenvalue weighted by Crippen LogP contribution is 2.06. The summed E-state index contributed by atoms with van der Waals surface area (Å²) >= 11 is 0. The fourth-order valence-electron chi connectivity index (χ4n) is 0.917. The molecule has 0 aliphatic carbocycles. The SMILES string of the molecule is CC(C)(C)OC(=O)NCCC/C=C/CO. The minimum Gasteiger partial charge on any atom is -0.444 e. The lowest BCUT2D eigenvalue weighted by molar-refractivity contribution is 0.0527. The van der Waals surface area contributed by atoms with E-state index in [1.807, 2.05) is 26.8 Å². The van der Waals surface area contributed by atoms with Gasteiger partial charge in [-0.05, 0) is 33.6 Å². The fraction of sp³-hybridized carbons (Fsp3) is 0.727. The highest BCUT2D eigenvalue weighted by molar-refractivity contribution is 5.67. The number of alkyl carbamates (subject to hydrolysis) is 1. The van der Waals surface area contributed by atoms with Gasteiger partial charge in [0.05, 0.1) is 6.61 Å². The molecule has 0 radical (unpaired) electrons. The molecular formula is C11H21NO3. The zero-order valence-corrected chi connectivity index (χ0v) is 9.75. The third-order valence-corrected chi connectivity index (χ3v) is 1.49. The zero-order chi connectivity index (χ0) is 11.7. The molecule has 0 atom stereocenters. The maximum absolute atomic E-state index is 11.2. The molecule has 0 aromatic rings. The summed E-state index contributed by atoms with van der Waals surface area (Å²) in [4.78, 5) is 11.2. The maximum atomic E-state index is 11.2. The van der Waals surface area contributed by atoms with Crippen LogP contribution in [0.5, 0.6) is 0 Å². The zero-order valence-electron chi connectivity index (χ0n) is 9.75. The summed E-state index contributed by atoms with van der Waals surface area (Å²) in [5, 5.41) is 11.1. The molecule has 2 N–H and O–H groups in total. The van der Waals surface area contributed by atoms with Crippen LogP contribution in [0.4, 0.5) is 4.79 Å². The second kappa shape index (κ2) is 7.29. The van der Waals surface area contributed by atoms with Gasteiger partial charge in [0.25, 0.3) is 0 Å². The van der Waals surface area contributed by atoms with Crippen LogP contribution in [-0.4, -0.2) is 30.0 Å². The number of aliphatic hydroxyl groups excluding tert-OH is 1. The van der Waals surface area contributed by atoms with E-state index in [1.54, 1.807) is 6.08 Å². The molecule has 0 saturated carbocycles. The van der Waals surface area contributed by atoms with Crippen molar-refractivity contribution < 1.29 is 14.6 Å². The molecule has 4 nitrogen and oxygen atoms in total. The summed E-state index contributed by atoms with van der Waals surface area (Å²) in [6.45, 7) is 6.15. The smallest absolute Gasteiger partial charge is 0.407 e. The van der Waals surface area contributed by atoms with Gasteiger partial charge in [0.1, 0.15) is 5.60 Å². The van der Waals surface area contributed by atoms with Crippen molar-refractivity contribution in [3.63, 3.8) is 0 Å². The van der Waals surface area contributed by atoms with Crippen LogP contribution >= 0.6 is 0 Å². The summed E-state index contributed by atoms with van der Waals surface area (Å²) in [6, 6.07) is 0. The van der Waals surface area contributed by atoms with E-state index in [9.17, 15) is 4.79 Å². The van der Waals surface area contributed by atoms with Gasteiger partial charge in [-0.25, -0.2) is 4.79 Å². The number of hydrogen-bond acceptors (Lipinski definition) is 3. The number of amides is 1. The van der Waals surface area contributed by atoms with Gasteiger partial charge in [-0.3, -0.25) is 0 Å². The molecule has 0 aliphatic heterocycles. The molecule has 15 heavy (non-hydrogen) atoms. The Morgan fingerprint density at radius 2 is 2.07 bits per heavy atom. The topological polar surface area (TPSA) is 58.6 Å². The number of carbonyl (C=O) groups excluding carboxylic acids is 1. The Morgan fingerprint density at radius 3 is 2.60 bits per heavy atom. The Kier molecular flexibility index (Phi) is 6.79. The first-order valence-electron chi connectivity index (χ1n) is 5.18. The van der Waals surface area contributed by atoms with Gasteiger partial charge in [0.2, 0.25) is 0 Å². The summed E-state index contributed by atoms with van der Waals surface area (Å²) < 4.78 is 5.06. The largest absolute Gasteiger partial charge is 0.444 e. The van der Waals surface area contributed by atoms with Crippen LogP contribution in [0.25, 0.3) is 0 Å². The van der Waals surface area contributed by atoms with Gasteiger partial charge in [-0.15, -0.1) is 0 Å². The molecule has 1 amide bonds. The summed E-state index contributed by atoms with van der Waals surface area (Å²) in [6.07, 6.45) is 4.88. The van der Waals surface area contributed by atoms with Crippen LogP contribution in [0.1, 0.15) is 33.6 Å². The van der Waals surface area contributed by atoms with Crippen molar-refractivity contribution in [2.24, 2.45) is 0 Å². The van der Waals surface area contributed by atoms with Crippen molar-refractivity contribution in [3.05, 3.63) is 12.2 Å². The van der Waals surface area contributed by atoms with E-state index >= 15 is 0 Å². The summed E-state index contributed by atoms with van der Waals surface area (Å²) in [5.74, 6) is 0. The molecule has 0 rings (SSSR count). The number of rotatable bonds is 5. The highest BCUT2D eigenvalue weighted by atomic mass is 16.6. The fourth-order valence-corrected chi connectivity index (χ4v) is 0.917. The highest BCUT2D eigenvalue weighted by Gasteiger charge is 2.15. The first-order chi connectivity index (χ1) is 6.95. The van der Waals surface area contributed by atoms with Crippen LogP contribution in [0.15, 0.2) is 12.2 Å². The lowest BCUT2D eigenvalue weighted by Gasteiger charge is -2.19. The predicted octanol–water partition coefficient (Wildman–Crippen LogP) is 1.84. The second-order valence-electron chi connectivity index (χ2n) is 4.22. The van der Waals surface area contributed by atoms with Crippen LogP contribution in [0.2, 0.25) is 0 Å². The van der Waals surface area contributed by atoms with Crippen LogP contribution in [0.3, 0.4) is 0 Å². The minimum atomic E-state index is -0.444. The maximum Gasteiger partial charge on any atom is 0.407 e. The van der Waals surface area contributed by atoms with Crippen LogP contribution in [0, 0.1) is 0 Å². The quantitative estimate of drug-likeness (QED) is 0.543. The number of allylic oxidation sites excluding steroid dienone is 1. The Bertz CT molecular complexity index is 206. The third-order valence-electron chi connectivity index (χ3n) is 1.49. The van der Waals surface area contributed by atoms with Gasteiger partial charge >= 0.3 is 6.09 Å². The van der Waals surface area contributed by atoms with Crippen molar-refractivity contribution >= 4 is 6.09 Å². The number of ether oxygens (including phenoxy) is 1. The number of aliphatic hydroxyl groups is 1. The molecule has 88 valence electrons. The van der Waals surface area contributed by atoms with E-state index < -0.39 is 5.60 Å². The number of nitrogens with one attached hydrogen (secondary N) is 1. The molecule has 4 heteroatoms. The van der Waals surface area contributed by atoms with Gasteiger partial charge in [-0.1, -0.05) is 12.2 Å². The summed E-state index contributed by atoms with van der Waals surface area (Å²) in [7, 11) is 0. The standard InChI is InChI=1S/C11H21NO3/c1-11(2,3)15-10(14)12-8-6-4-5-7-9-13/h5,7,13H,4,6,8-9H2,1-3H3,(H,12,14)/b7-5+. The monoisotopic (exact) mass is 215 g/mol. The predicted molar refractivity (Wildman–Crippen MR) is 59.7 cm³/mol. The Balaban J connectivity index is 3.44. The average molecular weight is 215 g/mol. The van der Waals surface area contributed by atoms with Crippen LogP contribution < -0.4 is 5.32 Å². The first-order valence-corrected chi connectivity index (χ1v) is 5.18. The average Bonchev–Trinajstić information content (AvgIpc) is 2.08. The van der Waals surface area contributed by atoms with E-state index in [2.05, 4.69) is 5.32 Å². The molecule has 0 bridgehead atoms. The Morgan fingerprint density at radius 1 is 1.40 bits per heavy atom. The minimum absolute atomic E-state index is 0.0689. The van der Waals surface area contributed by atoms with Crippen molar-refractivity contribution in [2.75, 3.05) is 13.2 Å². The Labute approximate surface area is 91.3 Å². The first kappa shape index (κ1) is 14.0. The van der Waals surface area contributed by atoms with Gasteiger partial charge < -0.3 is 15.2 Å². The molecule has 0 spiro atoms. The van der Waals surface area contributed by atoms with Gasteiger partial charge in [0.15, 0.2) is 0 Å². The lowest BCUT2D eigenvalue weighted by atomic mass is 10.2. The van der Waals surface area contributed by atoms with Crippen molar-refractivity contribution in [1.82, 2.24) is 5.32 Å². The molecule has 0 aromatic carbocycles. The molecule has 0 fully saturated rings. The summed E-state index contributed by atoms with van der Waals surface area (Å²) in [5.41, 5.74) is -0.444. The Hall–Kier alpha value is -1.03. The van der Waals surface area contributed by atoms with Gasteiger partial charge in [-0.2, -0.15) is 0 Å². The van der Waals surface area contributed by atoms with E-state index in [4.69, 9.17) is 9.84 Å². The van der Waals surface area contributed by atoms with Gasteiger partial charge in [0, 0.05) is 6.54 Å². The van der Waals surface area contributed by atoms with E-state index in [0.717, 1.165) is 12.8 Å². The molecule has 0 heterocycles. The van der Waals surface area contributed by atoms with Crippen molar-refractivity contribution in [3.8, 4) is 0 Å². The second-order valence-corrected chi connectivity index (χ2v) is 4.22. The molecule has 0 aromatic heterocycles. The van der Waals surface area contributed by atoms with E-state index in [0.29, 0.717) is 6.54 Å².